The third-order valence-corrected chi connectivity index (χ3v) is 5.43. The molecule has 2 aromatic carbocycles. The van der Waals surface area contributed by atoms with Gasteiger partial charge in [-0.15, -0.1) is 0 Å². The first-order valence-corrected chi connectivity index (χ1v) is 11.0. The van der Waals surface area contributed by atoms with Gasteiger partial charge in [0, 0.05) is 12.6 Å². The summed E-state index contributed by atoms with van der Waals surface area (Å²) in [5, 5.41) is 27.1. The van der Waals surface area contributed by atoms with E-state index in [0.717, 1.165) is 13.1 Å². The maximum atomic E-state index is 12.5. The number of hydrogen-bond acceptors (Lipinski definition) is 7. The third kappa shape index (κ3) is 5.94. The first-order chi connectivity index (χ1) is 15.8. The molecule has 0 aliphatic rings. The molecular formula is C24H32N4O5. The number of nitrogens with one attached hydrogen (secondary N) is 1. The second kappa shape index (κ2) is 11.0. The molecule has 0 saturated carbocycles. The summed E-state index contributed by atoms with van der Waals surface area (Å²) in [5.74, 6) is 0.761. The van der Waals surface area contributed by atoms with Gasteiger partial charge in [0.15, 0.2) is 5.82 Å². The van der Waals surface area contributed by atoms with Gasteiger partial charge in [-0.2, -0.15) is 5.10 Å². The summed E-state index contributed by atoms with van der Waals surface area (Å²) >= 11 is 0. The van der Waals surface area contributed by atoms with Gasteiger partial charge in [-0.25, -0.2) is 14.5 Å². The molecular weight excluding hydrogens is 424 g/mol. The van der Waals surface area contributed by atoms with Crippen molar-refractivity contribution in [3.05, 3.63) is 52.4 Å². The lowest BCUT2D eigenvalue weighted by Gasteiger charge is -2.14. The number of phenolic OH excluding ortho intramolecular Hbond substituents is 2. The van der Waals surface area contributed by atoms with Gasteiger partial charge in [0.05, 0.1) is 24.5 Å². The van der Waals surface area contributed by atoms with Crippen molar-refractivity contribution in [3.8, 4) is 34.3 Å². The molecule has 0 amide bonds. The molecule has 33 heavy (non-hydrogen) atoms. The highest BCUT2D eigenvalue weighted by molar-refractivity contribution is 5.69. The zero-order valence-electron chi connectivity index (χ0n) is 19.5. The second-order valence-corrected chi connectivity index (χ2v) is 8.12. The SMILES string of the molecule is CCN(C)CCOCCOc1ccc(-n2c(-c3cc(C(C)C)c(O)cc3O)n[nH]c2=O)cc1. The number of nitrogens with zero attached hydrogens (tertiary/aromatic N) is 3. The monoisotopic (exact) mass is 456 g/mol. The third-order valence-electron chi connectivity index (χ3n) is 5.43. The molecule has 3 N–H and O–H groups in total. The van der Waals surface area contributed by atoms with Crippen LogP contribution in [0.25, 0.3) is 17.1 Å². The largest absolute Gasteiger partial charge is 0.508 e. The topological polar surface area (TPSA) is 113 Å². The summed E-state index contributed by atoms with van der Waals surface area (Å²) in [7, 11) is 2.05. The molecule has 1 heterocycles. The van der Waals surface area contributed by atoms with Gasteiger partial charge in [-0.05, 0) is 55.4 Å². The van der Waals surface area contributed by atoms with Crippen molar-refractivity contribution >= 4 is 0 Å². The lowest BCUT2D eigenvalue weighted by Crippen LogP contribution is -2.23. The fourth-order valence-electron chi connectivity index (χ4n) is 3.34. The Morgan fingerprint density at radius 2 is 1.82 bits per heavy atom. The molecule has 0 aliphatic heterocycles. The van der Waals surface area contributed by atoms with Crippen LogP contribution in [0.5, 0.6) is 17.2 Å². The van der Waals surface area contributed by atoms with Gasteiger partial charge in [-0.1, -0.05) is 20.8 Å². The van der Waals surface area contributed by atoms with Crippen molar-refractivity contribution in [1.82, 2.24) is 19.7 Å². The molecule has 0 bridgehead atoms. The van der Waals surface area contributed by atoms with E-state index in [-0.39, 0.29) is 23.2 Å². The zero-order chi connectivity index (χ0) is 24.0. The molecule has 0 radical (unpaired) electrons. The number of likely N-dealkylation sites (N-methyl/N-ethyl adjacent to an activating group) is 1. The van der Waals surface area contributed by atoms with Gasteiger partial charge in [0.1, 0.15) is 23.9 Å². The maximum absolute atomic E-state index is 12.5. The van der Waals surface area contributed by atoms with Crippen LogP contribution in [0, 0.1) is 0 Å². The minimum Gasteiger partial charge on any atom is -0.508 e. The molecule has 0 atom stereocenters. The van der Waals surface area contributed by atoms with Gasteiger partial charge in [-0.3, -0.25) is 0 Å². The Labute approximate surface area is 193 Å². The van der Waals surface area contributed by atoms with E-state index in [2.05, 4.69) is 22.0 Å². The fourth-order valence-corrected chi connectivity index (χ4v) is 3.34. The van der Waals surface area contributed by atoms with Gasteiger partial charge >= 0.3 is 5.69 Å². The van der Waals surface area contributed by atoms with Crippen molar-refractivity contribution in [2.75, 3.05) is 40.0 Å². The predicted molar refractivity (Wildman–Crippen MR) is 127 cm³/mol. The molecule has 9 heteroatoms. The van der Waals surface area contributed by atoms with Crippen molar-refractivity contribution in [2.24, 2.45) is 0 Å². The van der Waals surface area contributed by atoms with E-state index in [4.69, 9.17) is 9.47 Å². The van der Waals surface area contributed by atoms with E-state index < -0.39 is 5.69 Å². The quantitative estimate of drug-likeness (QED) is 0.380. The fraction of sp³-hybridized carbons (Fsp3) is 0.417. The Morgan fingerprint density at radius 3 is 2.48 bits per heavy atom. The van der Waals surface area contributed by atoms with Crippen LogP contribution in [-0.4, -0.2) is 69.8 Å². The smallest absolute Gasteiger partial charge is 0.348 e. The summed E-state index contributed by atoms with van der Waals surface area (Å²) in [4.78, 5) is 14.7. The molecule has 0 aliphatic carbocycles. The first-order valence-electron chi connectivity index (χ1n) is 11.0. The minimum atomic E-state index is -0.442. The van der Waals surface area contributed by atoms with Gasteiger partial charge in [0.2, 0.25) is 0 Å². The lowest BCUT2D eigenvalue weighted by molar-refractivity contribution is 0.0858. The number of H-pyrrole nitrogens is 1. The van der Waals surface area contributed by atoms with E-state index in [0.29, 0.717) is 42.4 Å². The molecule has 178 valence electrons. The number of aromatic hydroxyl groups is 2. The number of benzene rings is 2. The Hall–Kier alpha value is -3.30. The number of rotatable bonds is 11. The zero-order valence-corrected chi connectivity index (χ0v) is 19.5. The summed E-state index contributed by atoms with van der Waals surface area (Å²) in [5.41, 5.74) is 1.12. The van der Waals surface area contributed by atoms with E-state index in [1.54, 1.807) is 30.3 Å². The standard InChI is InChI=1S/C24H32N4O5/c1-5-27(4)10-11-32-12-13-33-18-8-6-17(7-9-18)28-23(25-26-24(28)31)20-14-19(16(2)3)21(29)15-22(20)30/h6-9,14-16,29-30H,5,10-13H2,1-4H3,(H,26,31). The highest BCUT2D eigenvalue weighted by Gasteiger charge is 2.19. The second-order valence-electron chi connectivity index (χ2n) is 8.12. The summed E-state index contributed by atoms with van der Waals surface area (Å²) in [6.07, 6.45) is 0. The lowest BCUT2D eigenvalue weighted by atomic mass is 9.98. The maximum Gasteiger partial charge on any atom is 0.348 e. The Balaban J connectivity index is 1.73. The Kier molecular flexibility index (Phi) is 8.13. The van der Waals surface area contributed by atoms with E-state index >= 15 is 0 Å². The molecule has 0 spiro atoms. The summed E-state index contributed by atoms with van der Waals surface area (Å²) < 4.78 is 12.7. The van der Waals surface area contributed by atoms with Crippen LogP contribution in [0.15, 0.2) is 41.2 Å². The van der Waals surface area contributed by atoms with Crippen LogP contribution in [-0.2, 0) is 4.74 Å². The highest BCUT2D eigenvalue weighted by atomic mass is 16.5. The van der Waals surface area contributed by atoms with Crippen molar-refractivity contribution in [2.45, 2.75) is 26.7 Å². The van der Waals surface area contributed by atoms with Crippen molar-refractivity contribution in [1.29, 1.82) is 0 Å². The van der Waals surface area contributed by atoms with Crippen LogP contribution < -0.4 is 10.4 Å². The Morgan fingerprint density at radius 1 is 1.09 bits per heavy atom. The number of phenols is 2. The first kappa shape index (κ1) is 24.3. The van der Waals surface area contributed by atoms with Crippen LogP contribution >= 0.6 is 0 Å². The average Bonchev–Trinajstić information content (AvgIpc) is 3.17. The van der Waals surface area contributed by atoms with Crippen LogP contribution in [0.3, 0.4) is 0 Å². The normalized spacial score (nSPS) is 11.5. The summed E-state index contributed by atoms with van der Waals surface area (Å²) in [6.45, 7) is 9.39. The van der Waals surface area contributed by atoms with Gasteiger partial charge in [0.25, 0.3) is 0 Å². The van der Waals surface area contributed by atoms with E-state index in [1.807, 2.05) is 20.9 Å². The summed E-state index contributed by atoms with van der Waals surface area (Å²) in [6, 6.07) is 9.94. The van der Waals surface area contributed by atoms with Crippen molar-refractivity contribution < 1.29 is 19.7 Å². The van der Waals surface area contributed by atoms with Crippen LogP contribution in [0.2, 0.25) is 0 Å². The molecule has 3 rings (SSSR count). The number of aromatic nitrogens is 3. The van der Waals surface area contributed by atoms with E-state index in [9.17, 15) is 15.0 Å². The van der Waals surface area contributed by atoms with Gasteiger partial charge < -0.3 is 24.6 Å². The number of aromatic amines is 1. The van der Waals surface area contributed by atoms with Crippen LogP contribution in [0.1, 0.15) is 32.3 Å². The molecule has 9 nitrogen and oxygen atoms in total. The predicted octanol–water partition coefficient (Wildman–Crippen LogP) is 3.11. The minimum absolute atomic E-state index is 0.00134. The highest BCUT2D eigenvalue weighted by Crippen LogP contribution is 2.37. The van der Waals surface area contributed by atoms with E-state index in [1.165, 1.54) is 10.6 Å². The average molecular weight is 457 g/mol. The molecule has 0 saturated heterocycles. The van der Waals surface area contributed by atoms with Crippen LogP contribution in [0.4, 0.5) is 0 Å². The number of ether oxygens (including phenoxy) is 2. The number of hydrogen-bond donors (Lipinski definition) is 3. The Bertz CT molecular complexity index is 1110. The van der Waals surface area contributed by atoms with Crippen molar-refractivity contribution in [3.63, 3.8) is 0 Å². The molecule has 1 aromatic heterocycles. The molecule has 0 fully saturated rings. The molecule has 0 unspecified atom stereocenters. The molecule has 3 aromatic rings.